The van der Waals surface area contributed by atoms with Gasteiger partial charge in [-0.15, -0.1) is 0 Å². The third kappa shape index (κ3) is 7.99. The van der Waals surface area contributed by atoms with Gasteiger partial charge in [0.05, 0.1) is 33.9 Å². The summed E-state index contributed by atoms with van der Waals surface area (Å²) in [6, 6.07) is 0. The van der Waals surface area contributed by atoms with E-state index in [-0.39, 0.29) is 58.6 Å². The Kier molecular flexibility index (Phi) is 11.5. The van der Waals surface area contributed by atoms with Gasteiger partial charge in [-0.2, -0.15) is 0 Å². The maximum atomic E-state index is 12.4. The Bertz CT molecular complexity index is 1450. The molecule has 6 saturated carbocycles. The Morgan fingerprint density at radius 3 is 1.80 bits per heavy atom. The molecule has 0 aromatic carbocycles. The topological polar surface area (TPSA) is 135 Å². The van der Waals surface area contributed by atoms with Crippen LogP contribution in [0.1, 0.15) is 178 Å². The summed E-state index contributed by atoms with van der Waals surface area (Å²) in [5, 5.41) is 10.6. The van der Waals surface area contributed by atoms with Crippen LogP contribution in [0.4, 0.5) is 0 Å². The largest absolute Gasteiger partial charge is 0.459 e. The molecular weight excluding hydrogens is 700 g/mol. The molecule has 0 radical (unpaired) electrons. The number of aliphatic hydroxyl groups is 1. The molecule has 3 aliphatic heterocycles. The van der Waals surface area contributed by atoms with Gasteiger partial charge in [0.15, 0.2) is 12.2 Å². The molecule has 8 atom stereocenters. The van der Waals surface area contributed by atoms with Gasteiger partial charge in [-0.3, -0.25) is 19.2 Å². The lowest BCUT2D eigenvalue weighted by atomic mass is 9.52. The van der Waals surface area contributed by atoms with E-state index in [0.717, 1.165) is 44.9 Å². The van der Waals surface area contributed by atoms with Gasteiger partial charge >= 0.3 is 23.9 Å². The smallest absolute Gasteiger partial charge is 0.312 e. The first-order chi connectivity index (χ1) is 25.5. The highest BCUT2D eigenvalue weighted by atomic mass is 16.7. The average molecular weight is 773 g/mol. The number of hydrogen-bond donors (Lipinski definition) is 1. The second-order valence-corrected chi connectivity index (χ2v) is 21.2. The first-order valence-electron chi connectivity index (χ1n) is 21.8. The van der Waals surface area contributed by atoms with Crippen molar-refractivity contribution in [2.45, 2.75) is 220 Å². The first kappa shape index (κ1) is 42.4. The number of hydrogen-bond acceptors (Lipinski definition) is 10. The highest BCUT2D eigenvalue weighted by Gasteiger charge is 2.65. The van der Waals surface area contributed by atoms with Gasteiger partial charge in [-0.1, -0.05) is 33.6 Å². The fraction of sp³-hybridized carbons (Fsp3) is 0.911. The van der Waals surface area contributed by atoms with E-state index in [2.05, 4.69) is 13.8 Å². The third-order valence-electron chi connectivity index (χ3n) is 15.9. The van der Waals surface area contributed by atoms with Crippen LogP contribution in [0, 0.1) is 39.4 Å². The molecule has 0 aromatic rings. The van der Waals surface area contributed by atoms with Gasteiger partial charge in [0, 0.05) is 11.8 Å². The summed E-state index contributed by atoms with van der Waals surface area (Å²) in [5.74, 6) is 0.439. The average Bonchev–Trinajstić information content (AvgIpc) is 3.92. The number of ether oxygens (including phenoxy) is 5. The molecule has 9 fully saturated rings. The van der Waals surface area contributed by atoms with Crippen molar-refractivity contribution in [2.75, 3.05) is 0 Å². The van der Waals surface area contributed by atoms with Crippen LogP contribution < -0.4 is 0 Å². The molecule has 3 saturated heterocycles. The Hall–Kier alpha value is -2.20. The van der Waals surface area contributed by atoms with Gasteiger partial charge < -0.3 is 28.8 Å². The van der Waals surface area contributed by atoms with Crippen molar-refractivity contribution in [3.05, 3.63) is 0 Å². The van der Waals surface area contributed by atoms with Crippen molar-refractivity contribution in [3.63, 3.8) is 0 Å². The lowest BCUT2D eigenvalue weighted by Crippen LogP contribution is -2.61. The molecule has 8 unspecified atom stereocenters. The van der Waals surface area contributed by atoms with Crippen LogP contribution in [0.2, 0.25) is 0 Å². The summed E-state index contributed by atoms with van der Waals surface area (Å²) in [6.07, 6.45) is 16.1. The minimum absolute atomic E-state index is 0.000625. The van der Waals surface area contributed by atoms with Crippen molar-refractivity contribution in [2.24, 2.45) is 39.4 Å². The number of carbonyl (C=O) groups excluding carboxylic acids is 4. The molecule has 6 bridgehead atoms. The molecular formula is C45H72O10. The predicted molar refractivity (Wildman–Crippen MR) is 206 cm³/mol. The van der Waals surface area contributed by atoms with E-state index in [1.165, 1.54) is 44.9 Å². The molecule has 312 valence electrons. The van der Waals surface area contributed by atoms with E-state index < -0.39 is 28.6 Å². The Morgan fingerprint density at radius 2 is 1.25 bits per heavy atom. The molecule has 0 aromatic heterocycles. The number of carbonyl (C=O) groups is 4. The number of fused-ring (bicyclic) bond motifs is 1. The molecule has 3 heterocycles. The molecule has 9 rings (SSSR count). The maximum absolute atomic E-state index is 12.4. The molecule has 1 spiro atoms. The molecule has 9 aliphatic rings. The highest BCUT2D eigenvalue weighted by Crippen LogP contribution is 2.60. The van der Waals surface area contributed by atoms with Gasteiger partial charge in [0.25, 0.3) is 0 Å². The summed E-state index contributed by atoms with van der Waals surface area (Å²) in [6.45, 7) is 19.8. The lowest BCUT2D eigenvalue weighted by Gasteiger charge is -2.59. The van der Waals surface area contributed by atoms with E-state index in [0.29, 0.717) is 36.5 Å². The van der Waals surface area contributed by atoms with Crippen LogP contribution >= 0.6 is 0 Å². The van der Waals surface area contributed by atoms with Crippen molar-refractivity contribution in [1.82, 2.24) is 0 Å². The van der Waals surface area contributed by atoms with Crippen molar-refractivity contribution in [1.29, 1.82) is 0 Å². The zero-order valence-corrected chi connectivity index (χ0v) is 35.7. The van der Waals surface area contributed by atoms with Crippen molar-refractivity contribution >= 4 is 23.9 Å². The number of esters is 4. The lowest BCUT2D eigenvalue weighted by molar-refractivity contribution is -0.225. The fourth-order valence-corrected chi connectivity index (χ4v) is 11.3. The molecule has 55 heavy (non-hydrogen) atoms. The Labute approximate surface area is 330 Å². The van der Waals surface area contributed by atoms with Crippen LogP contribution in [0.15, 0.2) is 0 Å². The molecule has 6 aliphatic carbocycles. The van der Waals surface area contributed by atoms with E-state index in [1.807, 2.05) is 55.4 Å². The summed E-state index contributed by atoms with van der Waals surface area (Å²) < 4.78 is 28.5. The summed E-state index contributed by atoms with van der Waals surface area (Å²) in [4.78, 5) is 48.4. The van der Waals surface area contributed by atoms with Gasteiger partial charge in [-0.25, -0.2) is 0 Å². The fourth-order valence-electron chi connectivity index (χ4n) is 11.3. The molecule has 10 heteroatoms. The molecule has 1 N–H and O–H groups in total. The SMILES string of the molecule is CCC(C)(C)C(=O)OC1(C)CCCC12CCCC2.CCC(C)(C)C(=O)OC12CC3CC(CC(O)(C3)C1)C2.CCC(C)(C)C(=O)OC1C2CC3C(=O)OC1C3O2. The summed E-state index contributed by atoms with van der Waals surface area (Å²) in [5.41, 5.74) is -2.08. The number of rotatable bonds is 9. The van der Waals surface area contributed by atoms with Crippen molar-refractivity contribution in [3.8, 4) is 0 Å². The zero-order valence-electron chi connectivity index (χ0n) is 35.7. The Morgan fingerprint density at radius 1 is 0.727 bits per heavy atom. The van der Waals surface area contributed by atoms with Crippen LogP contribution in [0.5, 0.6) is 0 Å². The quantitative estimate of drug-likeness (QED) is 0.179. The minimum atomic E-state index is -0.555. The first-order valence-corrected chi connectivity index (χ1v) is 21.8. The van der Waals surface area contributed by atoms with E-state index >= 15 is 0 Å². The maximum Gasteiger partial charge on any atom is 0.312 e. The van der Waals surface area contributed by atoms with Gasteiger partial charge in [-0.05, 0) is 150 Å². The van der Waals surface area contributed by atoms with Crippen LogP contribution in [0.25, 0.3) is 0 Å². The van der Waals surface area contributed by atoms with Crippen LogP contribution in [0.3, 0.4) is 0 Å². The second kappa shape index (κ2) is 14.9. The standard InChI is InChI=1S/C16H26O3.C16H28O2.C13H18O5/c1-4-14(2,3)13(17)19-16-8-11-5-12(9-16)7-15(18,6-11)10-16;1-5-14(2,3)13(17)18-15(4)9-8-12-16(15)10-6-7-11-16;1-4-13(2,3)12(15)18-9-7-5-6-8(16-7)10(9)17-11(6)14/h11-12,18H,4-10H2,1-3H3;5-12H2,1-4H3;6-10H,4-5H2,1-3H3. The molecule has 10 nitrogen and oxygen atoms in total. The van der Waals surface area contributed by atoms with Crippen LogP contribution in [-0.4, -0.2) is 70.2 Å². The van der Waals surface area contributed by atoms with Crippen molar-refractivity contribution < 1.29 is 48.0 Å². The monoisotopic (exact) mass is 773 g/mol. The normalized spacial score (nSPS) is 38.9. The van der Waals surface area contributed by atoms with Gasteiger partial charge in [0.2, 0.25) is 0 Å². The summed E-state index contributed by atoms with van der Waals surface area (Å²) >= 11 is 0. The summed E-state index contributed by atoms with van der Waals surface area (Å²) in [7, 11) is 0. The minimum Gasteiger partial charge on any atom is -0.459 e. The molecule has 0 amide bonds. The van der Waals surface area contributed by atoms with E-state index in [1.54, 1.807) is 0 Å². The third-order valence-corrected chi connectivity index (χ3v) is 15.9. The predicted octanol–water partition coefficient (Wildman–Crippen LogP) is 8.57. The van der Waals surface area contributed by atoms with E-state index in [9.17, 15) is 24.3 Å². The highest BCUT2D eigenvalue weighted by molar-refractivity contribution is 5.79. The van der Waals surface area contributed by atoms with Gasteiger partial charge in [0.1, 0.15) is 17.3 Å². The second-order valence-electron chi connectivity index (χ2n) is 21.2. The van der Waals surface area contributed by atoms with Crippen LogP contribution in [-0.2, 0) is 42.9 Å². The van der Waals surface area contributed by atoms with E-state index in [4.69, 9.17) is 23.7 Å². The Balaban J connectivity index is 0.000000140. The zero-order chi connectivity index (χ0) is 40.4.